The van der Waals surface area contributed by atoms with Crippen molar-refractivity contribution in [2.75, 3.05) is 11.6 Å². The van der Waals surface area contributed by atoms with Crippen LogP contribution < -0.4 is 5.32 Å². The lowest BCUT2D eigenvalue weighted by Crippen LogP contribution is -2.01. The molecule has 0 atom stereocenters. The van der Waals surface area contributed by atoms with Crippen molar-refractivity contribution in [3.8, 4) is 0 Å². The number of thiazole rings is 1. The fourth-order valence-electron chi connectivity index (χ4n) is 1.74. The highest BCUT2D eigenvalue weighted by Crippen LogP contribution is 2.25. The van der Waals surface area contributed by atoms with Crippen molar-refractivity contribution in [1.82, 2.24) is 4.98 Å². The molecule has 1 heterocycles. The second-order valence-electron chi connectivity index (χ2n) is 4.68. The largest absolute Gasteiger partial charge is 0.332 e. The van der Waals surface area contributed by atoms with Crippen LogP contribution in [-0.4, -0.2) is 19.7 Å². The third-order valence-corrected chi connectivity index (χ3v) is 4.71. The van der Waals surface area contributed by atoms with Gasteiger partial charge in [-0.15, -0.1) is 11.3 Å². The fourth-order valence-corrected chi connectivity index (χ4v) is 3.50. The Morgan fingerprint density at radius 2 is 2.05 bits per heavy atom. The predicted molar refractivity (Wildman–Crippen MR) is 83.8 cm³/mol. The highest BCUT2D eigenvalue weighted by Gasteiger charge is 2.13. The summed E-state index contributed by atoms with van der Waals surface area (Å²) in [4.78, 5) is 4.06. The normalized spacial score (nSPS) is 11.3. The van der Waals surface area contributed by atoms with E-state index < -0.39 is 9.84 Å². The van der Waals surface area contributed by atoms with Crippen molar-refractivity contribution in [2.45, 2.75) is 18.9 Å². The molecule has 0 aliphatic carbocycles. The number of benzene rings is 1. The summed E-state index contributed by atoms with van der Waals surface area (Å²) in [7, 11) is -3.27. The minimum atomic E-state index is -3.27. The summed E-state index contributed by atoms with van der Waals surface area (Å²) in [6.07, 6.45) is 1.14. The van der Waals surface area contributed by atoms with Crippen LogP contribution in [0.3, 0.4) is 0 Å². The molecule has 0 fully saturated rings. The second kappa shape index (κ2) is 5.38. The summed E-state index contributed by atoms with van der Waals surface area (Å²) in [6, 6.07) is 6.11. The van der Waals surface area contributed by atoms with E-state index in [4.69, 9.17) is 0 Å². The molecule has 0 spiro atoms. The molecule has 4 nitrogen and oxygen atoms in total. The van der Waals surface area contributed by atoms with Gasteiger partial charge in [0.1, 0.15) is 0 Å². The molecular formula is C14H16N2O2S2. The Kier molecular flexibility index (Phi) is 3.96. The number of hydrogen-bond donors (Lipinski definition) is 1. The standard InChI is InChI=1S/C14H16N2O2S2/c1-9-5-6-10(2)12(7-9)11(3)15-14-16-13(8-19-14)20(4,17)18/h5-8H,3H2,1-2,4H3,(H,15,16). The van der Waals surface area contributed by atoms with Gasteiger partial charge in [-0.05, 0) is 25.5 Å². The Morgan fingerprint density at radius 1 is 1.35 bits per heavy atom. The highest BCUT2D eigenvalue weighted by atomic mass is 32.2. The molecule has 0 amide bonds. The summed E-state index contributed by atoms with van der Waals surface area (Å²) in [5.41, 5.74) is 3.96. The minimum Gasteiger partial charge on any atom is -0.332 e. The Labute approximate surface area is 123 Å². The zero-order valence-corrected chi connectivity index (χ0v) is 13.2. The van der Waals surface area contributed by atoms with E-state index in [1.165, 1.54) is 16.7 Å². The maximum Gasteiger partial charge on any atom is 0.193 e. The smallest absolute Gasteiger partial charge is 0.193 e. The number of nitrogens with zero attached hydrogens (tertiary/aromatic N) is 1. The van der Waals surface area contributed by atoms with Crippen LogP contribution >= 0.6 is 11.3 Å². The van der Waals surface area contributed by atoms with Crippen LogP contribution in [0.2, 0.25) is 0 Å². The lowest BCUT2D eigenvalue weighted by atomic mass is 10.0. The first-order valence-corrected chi connectivity index (χ1v) is 8.73. The average molecular weight is 308 g/mol. The quantitative estimate of drug-likeness (QED) is 0.942. The molecule has 1 aromatic heterocycles. The van der Waals surface area contributed by atoms with E-state index in [1.807, 2.05) is 32.0 Å². The maximum atomic E-state index is 11.4. The van der Waals surface area contributed by atoms with Gasteiger partial charge in [-0.1, -0.05) is 24.3 Å². The van der Waals surface area contributed by atoms with Gasteiger partial charge < -0.3 is 5.32 Å². The van der Waals surface area contributed by atoms with E-state index >= 15 is 0 Å². The van der Waals surface area contributed by atoms with Crippen LogP contribution in [0.1, 0.15) is 16.7 Å². The summed E-state index contributed by atoms with van der Waals surface area (Å²) in [5, 5.41) is 5.20. The topological polar surface area (TPSA) is 59.1 Å². The Balaban J connectivity index is 2.24. The van der Waals surface area contributed by atoms with Gasteiger partial charge in [0.05, 0.1) is 0 Å². The molecule has 1 N–H and O–H groups in total. The molecule has 0 aliphatic heterocycles. The molecule has 2 aromatic rings. The van der Waals surface area contributed by atoms with Gasteiger partial charge in [-0.2, -0.15) is 0 Å². The molecular weight excluding hydrogens is 292 g/mol. The highest BCUT2D eigenvalue weighted by molar-refractivity contribution is 7.90. The summed E-state index contributed by atoms with van der Waals surface area (Å²) in [5.74, 6) is 0. The SMILES string of the molecule is C=C(Nc1nc(S(C)(=O)=O)cs1)c1cc(C)ccc1C. The molecule has 6 heteroatoms. The van der Waals surface area contributed by atoms with E-state index in [-0.39, 0.29) is 5.03 Å². The number of anilines is 1. The molecule has 2 rings (SSSR count). The molecule has 0 unspecified atom stereocenters. The monoisotopic (exact) mass is 308 g/mol. The van der Waals surface area contributed by atoms with Gasteiger partial charge in [0, 0.05) is 22.9 Å². The van der Waals surface area contributed by atoms with E-state index in [1.54, 1.807) is 0 Å². The summed E-state index contributed by atoms with van der Waals surface area (Å²) >= 11 is 1.25. The third-order valence-electron chi connectivity index (χ3n) is 2.84. The molecule has 0 saturated carbocycles. The van der Waals surface area contributed by atoms with Crippen molar-refractivity contribution >= 4 is 32.0 Å². The number of nitrogens with one attached hydrogen (secondary N) is 1. The summed E-state index contributed by atoms with van der Waals surface area (Å²) < 4.78 is 22.8. The Hall–Kier alpha value is -1.66. The first kappa shape index (κ1) is 14.7. The number of aryl methyl sites for hydroxylation is 2. The zero-order valence-electron chi connectivity index (χ0n) is 11.6. The maximum absolute atomic E-state index is 11.4. The third kappa shape index (κ3) is 3.26. The zero-order chi connectivity index (χ0) is 14.9. The van der Waals surface area contributed by atoms with Crippen LogP contribution in [0.15, 0.2) is 35.2 Å². The Morgan fingerprint density at radius 3 is 2.65 bits per heavy atom. The van der Waals surface area contributed by atoms with Crippen molar-refractivity contribution in [3.63, 3.8) is 0 Å². The molecule has 0 bridgehead atoms. The number of sulfone groups is 1. The summed E-state index contributed by atoms with van der Waals surface area (Å²) in [6.45, 7) is 8.02. The van der Waals surface area contributed by atoms with Gasteiger partial charge in [-0.3, -0.25) is 0 Å². The van der Waals surface area contributed by atoms with E-state index in [9.17, 15) is 8.42 Å². The lowest BCUT2D eigenvalue weighted by molar-refractivity contribution is 0.599. The van der Waals surface area contributed by atoms with E-state index in [0.29, 0.717) is 10.8 Å². The van der Waals surface area contributed by atoms with Crippen LogP contribution in [0.5, 0.6) is 0 Å². The van der Waals surface area contributed by atoms with Crippen LogP contribution in [-0.2, 0) is 9.84 Å². The Bertz CT molecular complexity index is 761. The van der Waals surface area contributed by atoms with Gasteiger partial charge in [0.25, 0.3) is 0 Å². The number of rotatable bonds is 4. The van der Waals surface area contributed by atoms with Gasteiger partial charge in [0.15, 0.2) is 20.0 Å². The average Bonchev–Trinajstić information content (AvgIpc) is 2.80. The first-order valence-electron chi connectivity index (χ1n) is 5.96. The van der Waals surface area contributed by atoms with Crippen molar-refractivity contribution < 1.29 is 8.42 Å². The number of aromatic nitrogens is 1. The van der Waals surface area contributed by atoms with Crippen molar-refractivity contribution in [3.05, 3.63) is 46.8 Å². The van der Waals surface area contributed by atoms with E-state index in [2.05, 4.69) is 16.9 Å². The van der Waals surface area contributed by atoms with Crippen molar-refractivity contribution in [2.24, 2.45) is 0 Å². The predicted octanol–water partition coefficient (Wildman–Crippen LogP) is 3.25. The van der Waals surface area contributed by atoms with Crippen molar-refractivity contribution in [1.29, 1.82) is 0 Å². The molecule has 0 saturated heterocycles. The van der Waals surface area contributed by atoms with E-state index in [0.717, 1.165) is 22.9 Å². The van der Waals surface area contributed by atoms with Gasteiger partial charge >= 0.3 is 0 Å². The minimum absolute atomic E-state index is 0.0822. The lowest BCUT2D eigenvalue weighted by Gasteiger charge is -2.10. The molecule has 0 radical (unpaired) electrons. The first-order chi connectivity index (χ1) is 9.27. The molecule has 0 aliphatic rings. The molecule has 1 aromatic carbocycles. The van der Waals surface area contributed by atoms with Gasteiger partial charge in [0.2, 0.25) is 0 Å². The van der Waals surface area contributed by atoms with Crippen LogP contribution in [0.25, 0.3) is 5.70 Å². The fraction of sp³-hybridized carbons (Fsp3) is 0.214. The van der Waals surface area contributed by atoms with Gasteiger partial charge in [-0.25, -0.2) is 13.4 Å². The van der Waals surface area contributed by atoms with Crippen LogP contribution in [0, 0.1) is 13.8 Å². The second-order valence-corrected chi connectivity index (χ2v) is 7.51. The van der Waals surface area contributed by atoms with Crippen LogP contribution in [0.4, 0.5) is 5.13 Å². The number of hydrogen-bond acceptors (Lipinski definition) is 5. The molecule has 20 heavy (non-hydrogen) atoms. The molecule has 106 valence electrons.